The maximum absolute atomic E-state index is 12.3. The lowest BCUT2D eigenvalue weighted by atomic mass is 10.1. The molecule has 2 amide bonds. The van der Waals surface area contributed by atoms with E-state index in [-0.39, 0.29) is 17.7 Å². The second kappa shape index (κ2) is 6.18. The molecular weight excluding hydrogens is 232 g/mol. The fourth-order valence-electron chi connectivity index (χ4n) is 2.54. The Morgan fingerprint density at radius 2 is 2.11 bits per heavy atom. The van der Waals surface area contributed by atoms with Crippen molar-refractivity contribution in [3.05, 3.63) is 0 Å². The van der Waals surface area contributed by atoms with Crippen molar-refractivity contribution < 1.29 is 14.3 Å². The highest BCUT2D eigenvalue weighted by Gasteiger charge is 2.36. The number of carbonyl (C=O) groups excluding carboxylic acids is 2. The molecule has 1 atom stereocenters. The summed E-state index contributed by atoms with van der Waals surface area (Å²) in [6.45, 7) is 6.07. The van der Waals surface area contributed by atoms with Crippen LogP contribution in [0.5, 0.6) is 0 Å². The number of rotatable bonds is 4. The highest BCUT2D eigenvalue weighted by molar-refractivity contribution is 5.89. The Morgan fingerprint density at radius 1 is 1.39 bits per heavy atom. The highest BCUT2D eigenvalue weighted by atomic mass is 16.5. The van der Waals surface area contributed by atoms with Gasteiger partial charge in [-0.3, -0.25) is 9.59 Å². The predicted molar refractivity (Wildman–Crippen MR) is 67.0 cm³/mol. The molecule has 0 N–H and O–H groups in total. The average Bonchev–Trinajstić information content (AvgIpc) is 2.78. The quantitative estimate of drug-likeness (QED) is 0.734. The van der Waals surface area contributed by atoms with Gasteiger partial charge in [0.15, 0.2) is 0 Å². The predicted octanol–water partition coefficient (Wildman–Crippen LogP) is 0.494. The summed E-state index contributed by atoms with van der Waals surface area (Å²) in [5.74, 6) is 0.133. The van der Waals surface area contributed by atoms with Crippen LogP contribution in [0.1, 0.15) is 26.2 Å². The topological polar surface area (TPSA) is 49.9 Å². The fourth-order valence-corrected chi connectivity index (χ4v) is 2.54. The SMILES string of the molecule is CCCCN1C[C@@H](C(=O)N2CCOCC2)CC1=O. The Hall–Kier alpha value is -1.10. The first-order valence-corrected chi connectivity index (χ1v) is 6.86. The summed E-state index contributed by atoms with van der Waals surface area (Å²) in [7, 11) is 0. The second-order valence-corrected chi connectivity index (χ2v) is 5.03. The van der Waals surface area contributed by atoms with Crippen LogP contribution >= 0.6 is 0 Å². The number of unbranched alkanes of at least 4 members (excludes halogenated alkanes) is 1. The smallest absolute Gasteiger partial charge is 0.228 e. The van der Waals surface area contributed by atoms with Crippen molar-refractivity contribution in [1.29, 1.82) is 0 Å². The molecule has 2 heterocycles. The summed E-state index contributed by atoms with van der Waals surface area (Å²) in [4.78, 5) is 27.7. The van der Waals surface area contributed by atoms with E-state index >= 15 is 0 Å². The molecule has 2 aliphatic heterocycles. The van der Waals surface area contributed by atoms with E-state index in [1.54, 1.807) is 0 Å². The van der Waals surface area contributed by atoms with Crippen LogP contribution in [0.3, 0.4) is 0 Å². The van der Waals surface area contributed by atoms with Crippen LogP contribution in [0.4, 0.5) is 0 Å². The van der Waals surface area contributed by atoms with Crippen LogP contribution in [0.15, 0.2) is 0 Å². The zero-order valence-electron chi connectivity index (χ0n) is 11.1. The maximum Gasteiger partial charge on any atom is 0.228 e. The number of hydrogen-bond acceptors (Lipinski definition) is 3. The summed E-state index contributed by atoms with van der Waals surface area (Å²) >= 11 is 0. The average molecular weight is 254 g/mol. The molecule has 2 rings (SSSR count). The molecule has 5 nitrogen and oxygen atoms in total. The van der Waals surface area contributed by atoms with Gasteiger partial charge < -0.3 is 14.5 Å². The molecule has 2 fully saturated rings. The number of morpholine rings is 1. The molecule has 2 saturated heterocycles. The molecule has 5 heteroatoms. The summed E-state index contributed by atoms with van der Waals surface area (Å²) in [6.07, 6.45) is 2.48. The Kier molecular flexibility index (Phi) is 4.58. The van der Waals surface area contributed by atoms with Gasteiger partial charge in [0.1, 0.15) is 0 Å². The molecule has 0 aliphatic carbocycles. The molecule has 2 aliphatic rings. The minimum absolute atomic E-state index is 0.130. The number of ether oxygens (including phenoxy) is 1. The van der Waals surface area contributed by atoms with Gasteiger partial charge in [-0.05, 0) is 6.42 Å². The van der Waals surface area contributed by atoms with Crippen LogP contribution in [-0.4, -0.2) is 61.0 Å². The molecule has 0 saturated carbocycles. The van der Waals surface area contributed by atoms with Crippen molar-refractivity contribution in [2.75, 3.05) is 39.4 Å². The number of likely N-dealkylation sites (tertiary alicyclic amines) is 1. The van der Waals surface area contributed by atoms with E-state index in [9.17, 15) is 9.59 Å². The molecule has 0 radical (unpaired) electrons. The van der Waals surface area contributed by atoms with Crippen LogP contribution < -0.4 is 0 Å². The van der Waals surface area contributed by atoms with Gasteiger partial charge in [-0.15, -0.1) is 0 Å². The first-order valence-electron chi connectivity index (χ1n) is 6.86. The molecule has 0 spiro atoms. The molecule has 102 valence electrons. The Labute approximate surface area is 108 Å². The first-order chi connectivity index (χ1) is 8.72. The van der Waals surface area contributed by atoms with Crippen molar-refractivity contribution in [1.82, 2.24) is 9.80 Å². The van der Waals surface area contributed by atoms with Gasteiger partial charge >= 0.3 is 0 Å². The van der Waals surface area contributed by atoms with Gasteiger partial charge in [0.25, 0.3) is 0 Å². The normalized spacial score (nSPS) is 24.7. The lowest BCUT2D eigenvalue weighted by Crippen LogP contribution is -2.44. The van der Waals surface area contributed by atoms with Crippen LogP contribution in [0.2, 0.25) is 0 Å². The van der Waals surface area contributed by atoms with Crippen LogP contribution in [0, 0.1) is 5.92 Å². The summed E-state index contributed by atoms with van der Waals surface area (Å²) in [5.41, 5.74) is 0. The third-order valence-electron chi connectivity index (χ3n) is 3.67. The zero-order valence-corrected chi connectivity index (χ0v) is 11.1. The van der Waals surface area contributed by atoms with E-state index in [0.717, 1.165) is 19.4 Å². The van der Waals surface area contributed by atoms with Gasteiger partial charge in [-0.1, -0.05) is 13.3 Å². The van der Waals surface area contributed by atoms with Crippen molar-refractivity contribution in [2.24, 2.45) is 5.92 Å². The minimum atomic E-state index is -0.132. The lowest BCUT2D eigenvalue weighted by molar-refractivity contribution is -0.139. The number of carbonyl (C=O) groups is 2. The second-order valence-electron chi connectivity index (χ2n) is 5.03. The molecule has 0 bridgehead atoms. The van der Waals surface area contributed by atoms with Crippen molar-refractivity contribution in [2.45, 2.75) is 26.2 Å². The van der Waals surface area contributed by atoms with Crippen molar-refractivity contribution >= 4 is 11.8 Å². The molecule has 0 unspecified atom stereocenters. The van der Waals surface area contributed by atoms with E-state index in [2.05, 4.69) is 6.92 Å². The Morgan fingerprint density at radius 3 is 2.78 bits per heavy atom. The highest BCUT2D eigenvalue weighted by Crippen LogP contribution is 2.21. The first kappa shape index (κ1) is 13.3. The minimum Gasteiger partial charge on any atom is -0.378 e. The van der Waals surface area contributed by atoms with Crippen molar-refractivity contribution in [3.8, 4) is 0 Å². The fraction of sp³-hybridized carbons (Fsp3) is 0.846. The summed E-state index contributed by atoms with van der Waals surface area (Å²) in [5, 5.41) is 0. The monoisotopic (exact) mass is 254 g/mol. The van der Waals surface area contributed by atoms with Gasteiger partial charge in [0.05, 0.1) is 19.1 Å². The summed E-state index contributed by atoms with van der Waals surface area (Å²) < 4.78 is 5.24. The third kappa shape index (κ3) is 3.02. The molecule has 0 aromatic heterocycles. The summed E-state index contributed by atoms with van der Waals surface area (Å²) in [6, 6.07) is 0. The largest absolute Gasteiger partial charge is 0.378 e. The molecule has 18 heavy (non-hydrogen) atoms. The lowest BCUT2D eigenvalue weighted by Gasteiger charge is -2.29. The van der Waals surface area contributed by atoms with E-state index in [4.69, 9.17) is 4.74 Å². The van der Waals surface area contributed by atoms with Gasteiger partial charge in [-0.2, -0.15) is 0 Å². The van der Waals surface area contributed by atoms with E-state index < -0.39 is 0 Å². The number of amides is 2. The molecular formula is C13H22N2O3. The van der Waals surface area contributed by atoms with E-state index in [1.807, 2.05) is 9.80 Å². The third-order valence-corrected chi connectivity index (χ3v) is 3.67. The number of hydrogen-bond donors (Lipinski definition) is 0. The van der Waals surface area contributed by atoms with E-state index in [1.165, 1.54) is 0 Å². The van der Waals surface area contributed by atoms with Crippen LogP contribution in [-0.2, 0) is 14.3 Å². The zero-order chi connectivity index (χ0) is 13.0. The van der Waals surface area contributed by atoms with Gasteiger partial charge in [0.2, 0.25) is 11.8 Å². The van der Waals surface area contributed by atoms with Crippen molar-refractivity contribution in [3.63, 3.8) is 0 Å². The van der Waals surface area contributed by atoms with E-state index in [0.29, 0.717) is 39.3 Å². The molecule has 0 aromatic rings. The number of nitrogens with zero attached hydrogens (tertiary/aromatic N) is 2. The Bertz CT molecular complexity index is 313. The molecule has 0 aromatic carbocycles. The van der Waals surface area contributed by atoms with Gasteiger partial charge in [0, 0.05) is 32.6 Å². The van der Waals surface area contributed by atoms with Gasteiger partial charge in [-0.25, -0.2) is 0 Å². The standard InChI is InChI=1S/C13H22N2O3/c1-2-3-4-15-10-11(9-12(15)16)13(17)14-5-7-18-8-6-14/h11H,2-10H2,1H3/t11-/m0/s1. The maximum atomic E-state index is 12.3. The van der Waals surface area contributed by atoms with Crippen LogP contribution in [0.25, 0.3) is 0 Å². The Balaban J connectivity index is 1.86.